The molecule has 0 saturated carbocycles. The fraction of sp³-hybridized carbons (Fsp3) is 0.267. The molecule has 1 heterocycles. The monoisotopic (exact) mass is 243 g/mol. The largest absolute Gasteiger partial charge is 0.478 e. The smallest absolute Gasteiger partial charge is 0.337 e. The lowest BCUT2D eigenvalue weighted by molar-refractivity contribution is 0.0695. The van der Waals surface area contributed by atoms with E-state index in [1.54, 1.807) is 0 Å². The molecule has 0 amide bonds. The molecule has 1 aromatic carbocycles. The molecule has 1 N–H and O–H groups in total. The summed E-state index contributed by atoms with van der Waals surface area (Å²) in [6, 6.07) is 10.1. The van der Waals surface area contributed by atoms with Gasteiger partial charge in [0.25, 0.3) is 0 Å². The van der Waals surface area contributed by atoms with Crippen LogP contribution in [-0.2, 0) is 6.54 Å². The van der Waals surface area contributed by atoms with Gasteiger partial charge in [0.05, 0.1) is 5.56 Å². The predicted molar refractivity (Wildman–Crippen MR) is 71.1 cm³/mol. The van der Waals surface area contributed by atoms with E-state index in [9.17, 15) is 9.90 Å². The van der Waals surface area contributed by atoms with Crippen LogP contribution in [0.3, 0.4) is 0 Å². The van der Waals surface area contributed by atoms with Gasteiger partial charge in [0, 0.05) is 17.9 Å². The fourth-order valence-corrected chi connectivity index (χ4v) is 2.36. The van der Waals surface area contributed by atoms with E-state index in [1.807, 2.05) is 39.0 Å². The Bertz CT molecular complexity index is 582. The van der Waals surface area contributed by atoms with E-state index in [4.69, 9.17) is 0 Å². The lowest BCUT2D eigenvalue weighted by atomic mass is 10.1. The minimum absolute atomic E-state index is 0.434. The van der Waals surface area contributed by atoms with E-state index in [0.717, 1.165) is 17.0 Å². The standard InChI is InChI=1S/C15H17NO2/c1-10-11(2)16(12(3)14(10)15(17)18)9-13-7-5-4-6-8-13/h4-8H,9H2,1-3H3,(H,17,18). The number of benzene rings is 1. The molecule has 0 radical (unpaired) electrons. The molecular weight excluding hydrogens is 226 g/mol. The van der Waals surface area contributed by atoms with Gasteiger partial charge in [-0.2, -0.15) is 0 Å². The Hall–Kier alpha value is -2.03. The second-order valence-corrected chi connectivity index (χ2v) is 4.55. The highest BCUT2D eigenvalue weighted by atomic mass is 16.4. The van der Waals surface area contributed by atoms with E-state index >= 15 is 0 Å². The van der Waals surface area contributed by atoms with Crippen LogP contribution in [0.25, 0.3) is 0 Å². The van der Waals surface area contributed by atoms with E-state index in [0.29, 0.717) is 12.1 Å². The Morgan fingerprint density at radius 3 is 2.22 bits per heavy atom. The minimum atomic E-state index is -0.847. The maximum atomic E-state index is 11.2. The predicted octanol–water partition coefficient (Wildman–Crippen LogP) is 3.16. The van der Waals surface area contributed by atoms with Gasteiger partial charge in [0.2, 0.25) is 0 Å². The van der Waals surface area contributed by atoms with E-state index in [-0.39, 0.29) is 0 Å². The minimum Gasteiger partial charge on any atom is -0.478 e. The normalized spacial score (nSPS) is 10.6. The molecule has 0 bridgehead atoms. The number of carbonyl (C=O) groups is 1. The lowest BCUT2D eigenvalue weighted by Crippen LogP contribution is -2.05. The molecule has 0 saturated heterocycles. The second kappa shape index (κ2) is 4.69. The molecule has 0 aliphatic rings. The van der Waals surface area contributed by atoms with Gasteiger partial charge in [-0.05, 0) is 31.9 Å². The molecule has 2 rings (SSSR count). The summed E-state index contributed by atoms with van der Waals surface area (Å²) >= 11 is 0. The third-order valence-electron chi connectivity index (χ3n) is 3.49. The summed E-state index contributed by atoms with van der Waals surface area (Å²) < 4.78 is 2.06. The number of aromatic nitrogens is 1. The van der Waals surface area contributed by atoms with Crippen LogP contribution in [0.4, 0.5) is 0 Å². The topological polar surface area (TPSA) is 42.2 Å². The summed E-state index contributed by atoms with van der Waals surface area (Å²) in [6.07, 6.45) is 0. The van der Waals surface area contributed by atoms with Gasteiger partial charge in [-0.15, -0.1) is 0 Å². The summed E-state index contributed by atoms with van der Waals surface area (Å²) in [5.74, 6) is -0.847. The molecule has 3 heteroatoms. The SMILES string of the molecule is Cc1c(C(=O)O)c(C)n(Cc2ccccc2)c1C. The van der Waals surface area contributed by atoms with Crippen LogP contribution in [0.1, 0.15) is 32.9 Å². The van der Waals surface area contributed by atoms with E-state index in [1.165, 1.54) is 5.56 Å². The quantitative estimate of drug-likeness (QED) is 0.899. The average molecular weight is 243 g/mol. The zero-order valence-corrected chi connectivity index (χ0v) is 10.9. The summed E-state index contributed by atoms with van der Waals surface area (Å²) in [7, 11) is 0. The molecule has 94 valence electrons. The summed E-state index contributed by atoms with van der Waals surface area (Å²) in [4.78, 5) is 11.2. The van der Waals surface area contributed by atoms with Crippen LogP contribution in [0.2, 0.25) is 0 Å². The van der Waals surface area contributed by atoms with Crippen molar-refractivity contribution in [2.45, 2.75) is 27.3 Å². The van der Waals surface area contributed by atoms with Crippen molar-refractivity contribution in [2.75, 3.05) is 0 Å². The van der Waals surface area contributed by atoms with Gasteiger partial charge in [-0.25, -0.2) is 4.79 Å². The third-order valence-corrected chi connectivity index (χ3v) is 3.49. The number of hydrogen-bond acceptors (Lipinski definition) is 1. The highest BCUT2D eigenvalue weighted by molar-refractivity contribution is 5.91. The molecule has 3 nitrogen and oxygen atoms in total. The average Bonchev–Trinajstić information content (AvgIpc) is 2.55. The first-order valence-corrected chi connectivity index (χ1v) is 5.96. The number of carboxylic acid groups (broad SMARTS) is 1. The van der Waals surface area contributed by atoms with Crippen molar-refractivity contribution in [3.63, 3.8) is 0 Å². The summed E-state index contributed by atoms with van der Waals surface area (Å²) in [5.41, 5.74) is 4.31. The highest BCUT2D eigenvalue weighted by Crippen LogP contribution is 2.22. The molecule has 2 aromatic rings. The molecule has 1 aromatic heterocycles. The van der Waals surface area contributed by atoms with Crippen LogP contribution in [-0.4, -0.2) is 15.6 Å². The van der Waals surface area contributed by atoms with Gasteiger partial charge < -0.3 is 9.67 Å². The maximum Gasteiger partial charge on any atom is 0.337 e. The van der Waals surface area contributed by atoms with Gasteiger partial charge in [-0.3, -0.25) is 0 Å². The fourth-order valence-electron chi connectivity index (χ4n) is 2.36. The zero-order valence-electron chi connectivity index (χ0n) is 10.9. The Kier molecular flexibility index (Phi) is 3.24. The number of carboxylic acids is 1. The number of hydrogen-bond donors (Lipinski definition) is 1. The van der Waals surface area contributed by atoms with E-state index < -0.39 is 5.97 Å². The van der Waals surface area contributed by atoms with Crippen LogP contribution in [0, 0.1) is 20.8 Å². The van der Waals surface area contributed by atoms with Crippen molar-refractivity contribution in [3.05, 3.63) is 58.4 Å². The molecule has 0 atom stereocenters. The van der Waals surface area contributed by atoms with Crippen molar-refractivity contribution in [1.82, 2.24) is 4.57 Å². The van der Waals surface area contributed by atoms with Crippen LogP contribution >= 0.6 is 0 Å². The summed E-state index contributed by atoms with van der Waals surface area (Å²) in [5, 5.41) is 9.24. The van der Waals surface area contributed by atoms with Crippen LogP contribution < -0.4 is 0 Å². The van der Waals surface area contributed by atoms with Crippen molar-refractivity contribution in [3.8, 4) is 0 Å². The molecular formula is C15H17NO2. The number of rotatable bonds is 3. The molecule has 0 aliphatic heterocycles. The third kappa shape index (κ3) is 2.04. The highest BCUT2D eigenvalue weighted by Gasteiger charge is 2.19. The lowest BCUT2D eigenvalue weighted by Gasteiger charge is -2.09. The number of nitrogens with zero attached hydrogens (tertiary/aromatic N) is 1. The molecule has 0 spiro atoms. The Morgan fingerprint density at radius 1 is 1.11 bits per heavy atom. The first-order chi connectivity index (χ1) is 8.52. The second-order valence-electron chi connectivity index (χ2n) is 4.55. The Morgan fingerprint density at radius 2 is 1.72 bits per heavy atom. The van der Waals surface area contributed by atoms with Crippen molar-refractivity contribution in [1.29, 1.82) is 0 Å². The number of aromatic carboxylic acids is 1. The van der Waals surface area contributed by atoms with Crippen LogP contribution in [0.15, 0.2) is 30.3 Å². The maximum absolute atomic E-state index is 11.2. The van der Waals surface area contributed by atoms with Crippen molar-refractivity contribution < 1.29 is 9.90 Å². The molecule has 0 aliphatic carbocycles. The zero-order chi connectivity index (χ0) is 13.3. The molecule has 18 heavy (non-hydrogen) atoms. The Balaban J connectivity index is 2.46. The van der Waals surface area contributed by atoms with Gasteiger partial charge in [-0.1, -0.05) is 30.3 Å². The van der Waals surface area contributed by atoms with Crippen molar-refractivity contribution in [2.24, 2.45) is 0 Å². The van der Waals surface area contributed by atoms with Gasteiger partial charge >= 0.3 is 5.97 Å². The van der Waals surface area contributed by atoms with Gasteiger partial charge in [0.15, 0.2) is 0 Å². The van der Waals surface area contributed by atoms with Crippen LogP contribution in [0.5, 0.6) is 0 Å². The van der Waals surface area contributed by atoms with Crippen molar-refractivity contribution >= 4 is 5.97 Å². The van der Waals surface area contributed by atoms with Gasteiger partial charge in [0.1, 0.15) is 0 Å². The summed E-state index contributed by atoms with van der Waals surface area (Å²) in [6.45, 7) is 6.42. The first kappa shape index (κ1) is 12.4. The Labute approximate surface area is 107 Å². The molecule has 0 unspecified atom stereocenters. The first-order valence-electron chi connectivity index (χ1n) is 5.96. The van der Waals surface area contributed by atoms with E-state index in [2.05, 4.69) is 16.7 Å². The molecule has 0 fully saturated rings.